The Kier molecular flexibility index (Phi) is 5.65. The molecule has 2 aromatic carbocycles. The maximum Gasteiger partial charge on any atom is 0.262 e. The Morgan fingerprint density at radius 3 is 2.54 bits per heavy atom. The van der Waals surface area contributed by atoms with Gasteiger partial charge in [-0.05, 0) is 49.7 Å². The van der Waals surface area contributed by atoms with Gasteiger partial charge in [-0.1, -0.05) is 36.8 Å². The molecule has 1 saturated heterocycles. The molecule has 1 atom stereocenters. The maximum atomic E-state index is 12.7. The molecule has 2 aromatic rings. The standard InChI is InChI=1S/C20H26N2O3S/c1-4-22-11-12-25-19(14-22)17-6-8-18(9-7-17)21-26(23,24)20-10-5-15(2)13-16(20)3/h5-10,13,19,21H,4,11-12,14H2,1-3H3. The molecule has 1 aliphatic rings. The molecule has 1 heterocycles. The molecular formula is C20H26N2O3S. The minimum atomic E-state index is -3.60. The minimum Gasteiger partial charge on any atom is -0.371 e. The van der Waals surface area contributed by atoms with E-state index in [0.717, 1.165) is 42.9 Å². The van der Waals surface area contributed by atoms with E-state index in [4.69, 9.17) is 4.74 Å². The number of rotatable bonds is 5. The van der Waals surface area contributed by atoms with Gasteiger partial charge < -0.3 is 4.74 Å². The Hall–Kier alpha value is -1.89. The van der Waals surface area contributed by atoms with Gasteiger partial charge in [-0.3, -0.25) is 9.62 Å². The van der Waals surface area contributed by atoms with E-state index in [2.05, 4.69) is 16.5 Å². The summed E-state index contributed by atoms with van der Waals surface area (Å²) in [6, 6.07) is 12.8. The second kappa shape index (κ2) is 7.78. The molecule has 1 fully saturated rings. The number of nitrogens with one attached hydrogen (secondary N) is 1. The molecule has 3 rings (SSSR count). The molecule has 0 aliphatic carbocycles. The molecule has 1 aliphatic heterocycles. The van der Waals surface area contributed by atoms with E-state index >= 15 is 0 Å². The van der Waals surface area contributed by atoms with Crippen molar-refractivity contribution in [2.45, 2.75) is 31.8 Å². The zero-order chi connectivity index (χ0) is 18.7. The Labute approximate surface area is 156 Å². The van der Waals surface area contributed by atoms with E-state index in [1.54, 1.807) is 18.2 Å². The molecule has 6 heteroatoms. The maximum absolute atomic E-state index is 12.7. The zero-order valence-electron chi connectivity index (χ0n) is 15.5. The van der Waals surface area contributed by atoms with Crippen LogP contribution in [0.3, 0.4) is 0 Å². The third-order valence-corrected chi connectivity index (χ3v) is 6.29. The van der Waals surface area contributed by atoms with Crippen LogP contribution in [0.1, 0.15) is 29.7 Å². The van der Waals surface area contributed by atoms with Crippen molar-refractivity contribution < 1.29 is 13.2 Å². The van der Waals surface area contributed by atoms with Gasteiger partial charge in [0.1, 0.15) is 0 Å². The number of aryl methyl sites for hydroxylation is 2. The SMILES string of the molecule is CCN1CCOC(c2ccc(NS(=O)(=O)c3ccc(C)cc3C)cc2)C1. The first-order valence-electron chi connectivity index (χ1n) is 8.93. The van der Waals surface area contributed by atoms with E-state index in [1.807, 2.05) is 38.1 Å². The van der Waals surface area contributed by atoms with Crippen molar-refractivity contribution in [2.75, 3.05) is 31.0 Å². The zero-order valence-corrected chi connectivity index (χ0v) is 16.3. The quantitative estimate of drug-likeness (QED) is 0.870. The second-order valence-corrected chi connectivity index (χ2v) is 8.40. The highest BCUT2D eigenvalue weighted by molar-refractivity contribution is 7.92. The monoisotopic (exact) mass is 374 g/mol. The predicted octanol–water partition coefficient (Wildman–Crippen LogP) is 3.50. The van der Waals surface area contributed by atoms with Gasteiger partial charge in [0.05, 0.1) is 17.6 Å². The average molecular weight is 375 g/mol. The molecule has 26 heavy (non-hydrogen) atoms. The van der Waals surface area contributed by atoms with Crippen molar-refractivity contribution in [3.63, 3.8) is 0 Å². The van der Waals surface area contributed by atoms with Crippen LogP contribution in [0.15, 0.2) is 47.4 Å². The summed E-state index contributed by atoms with van der Waals surface area (Å²) in [5.41, 5.74) is 3.40. The molecule has 140 valence electrons. The van der Waals surface area contributed by atoms with Crippen molar-refractivity contribution in [1.82, 2.24) is 4.90 Å². The Bertz CT molecular complexity index is 863. The highest BCUT2D eigenvalue weighted by Crippen LogP contribution is 2.25. The van der Waals surface area contributed by atoms with Gasteiger partial charge in [-0.2, -0.15) is 0 Å². The Morgan fingerprint density at radius 2 is 1.88 bits per heavy atom. The van der Waals surface area contributed by atoms with Crippen LogP contribution in [-0.4, -0.2) is 39.6 Å². The van der Waals surface area contributed by atoms with Crippen LogP contribution < -0.4 is 4.72 Å². The first-order valence-corrected chi connectivity index (χ1v) is 10.4. The number of ether oxygens (including phenoxy) is 1. The van der Waals surface area contributed by atoms with Crippen LogP contribution in [0.2, 0.25) is 0 Å². The molecule has 5 nitrogen and oxygen atoms in total. The summed E-state index contributed by atoms with van der Waals surface area (Å²) in [6.07, 6.45) is 0.0358. The van der Waals surface area contributed by atoms with Crippen molar-refractivity contribution in [2.24, 2.45) is 0 Å². The molecule has 0 radical (unpaired) electrons. The van der Waals surface area contributed by atoms with Crippen LogP contribution in [0.25, 0.3) is 0 Å². The number of benzene rings is 2. The molecule has 0 amide bonds. The van der Waals surface area contributed by atoms with Crippen molar-refractivity contribution in [3.05, 3.63) is 59.2 Å². The number of likely N-dealkylation sites (N-methyl/N-ethyl adjacent to an activating group) is 1. The summed E-state index contributed by atoms with van der Waals surface area (Å²) < 4.78 is 33.8. The first-order chi connectivity index (χ1) is 12.4. The summed E-state index contributed by atoms with van der Waals surface area (Å²) >= 11 is 0. The summed E-state index contributed by atoms with van der Waals surface area (Å²) in [6.45, 7) is 9.46. The molecule has 0 aromatic heterocycles. The van der Waals surface area contributed by atoms with E-state index < -0.39 is 10.0 Å². The Morgan fingerprint density at radius 1 is 1.15 bits per heavy atom. The normalized spacial score (nSPS) is 18.7. The summed E-state index contributed by atoms with van der Waals surface area (Å²) in [5.74, 6) is 0. The third-order valence-electron chi connectivity index (χ3n) is 4.75. The number of anilines is 1. The van der Waals surface area contributed by atoms with Gasteiger partial charge in [-0.25, -0.2) is 8.42 Å². The molecule has 0 saturated carbocycles. The van der Waals surface area contributed by atoms with Crippen LogP contribution in [-0.2, 0) is 14.8 Å². The second-order valence-electron chi connectivity index (χ2n) is 6.75. The van der Waals surface area contributed by atoms with Crippen molar-refractivity contribution >= 4 is 15.7 Å². The van der Waals surface area contributed by atoms with Gasteiger partial charge in [-0.15, -0.1) is 0 Å². The molecule has 0 spiro atoms. The number of nitrogens with zero attached hydrogens (tertiary/aromatic N) is 1. The molecule has 1 N–H and O–H groups in total. The highest BCUT2D eigenvalue weighted by atomic mass is 32.2. The topological polar surface area (TPSA) is 58.6 Å². The van der Waals surface area contributed by atoms with Crippen molar-refractivity contribution in [3.8, 4) is 0 Å². The van der Waals surface area contributed by atoms with Crippen LogP contribution in [0.5, 0.6) is 0 Å². The van der Waals surface area contributed by atoms with Gasteiger partial charge in [0.2, 0.25) is 0 Å². The lowest BCUT2D eigenvalue weighted by Gasteiger charge is -2.32. The summed E-state index contributed by atoms with van der Waals surface area (Å²) in [5, 5.41) is 0. The predicted molar refractivity (Wildman–Crippen MR) is 104 cm³/mol. The first kappa shape index (κ1) is 18.9. The van der Waals surface area contributed by atoms with Gasteiger partial charge in [0.15, 0.2) is 0 Å². The van der Waals surface area contributed by atoms with Crippen LogP contribution in [0, 0.1) is 13.8 Å². The van der Waals surface area contributed by atoms with E-state index in [9.17, 15) is 8.42 Å². The molecule has 1 unspecified atom stereocenters. The number of hydrogen-bond donors (Lipinski definition) is 1. The lowest BCUT2D eigenvalue weighted by Crippen LogP contribution is -2.38. The largest absolute Gasteiger partial charge is 0.371 e. The minimum absolute atomic E-state index is 0.0358. The third kappa shape index (κ3) is 4.26. The average Bonchev–Trinajstić information content (AvgIpc) is 2.61. The molecular weight excluding hydrogens is 348 g/mol. The van der Waals surface area contributed by atoms with Gasteiger partial charge >= 0.3 is 0 Å². The Balaban J connectivity index is 1.74. The van der Waals surface area contributed by atoms with Crippen LogP contribution in [0.4, 0.5) is 5.69 Å². The number of morpholine rings is 1. The fourth-order valence-electron chi connectivity index (χ4n) is 3.27. The van der Waals surface area contributed by atoms with Gasteiger partial charge in [0.25, 0.3) is 10.0 Å². The number of hydrogen-bond acceptors (Lipinski definition) is 4. The summed E-state index contributed by atoms with van der Waals surface area (Å²) in [7, 11) is -3.60. The number of sulfonamides is 1. The summed E-state index contributed by atoms with van der Waals surface area (Å²) in [4.78, 5) is 2.66. The van der Waals surface area contributed by atoms with Gasteiger partial charge in [0, 0.05) is 18.8 Å². The lowest BCUT2D eigenvalue weighted by atomic mass is 10.1. The van der Waals surface area contributed by atoms with E-state index in [-0.39, 0.29) is 6.10 Å². The van der Waals surface area contributed by atoms with Crippen molar-refractivity contribution in [1.29, 1.82) is 0 Å². The van der Waals surface area contributed by atoms with Crippen LogP contribution >= 0.6 is 0 Å². The van der Waals surface area contributed by atoms with E-state index in [0.29, 0.717) is 10.6 Å². The fraction of sp³-hybridized carbons (Fsp3) is 0.400. The lowest BCUT2D eigenvalue weighted by molar-refractivity contribution is -0.0281. The smallest absolute Gasteiger partial charge is 0.262 e. The fourth-order valence-corrected chi connectivity index (χ4v) is 4.55. The van der Waals surface area contributed by atoms with E-state index in [1.165, 1.54) is 0 Å². The highest BCUT2D eigenvalue weighted by Gasteiger charge is 2.21. The molecule has 0 bridgehead atoms.